The van der Waals surface area contributed by atoms with Crippen molar-refractivity contribution in [1.82, 2.24) is 4.90 Å². The first-order chi connectivity index (χ1) is 12.6. The summed E-state index contributed by atoms with van der Waals surface area (Å²) in [5.41, 5.74) is 2.45. The van der Waals surface area contributed by atoms with Crippen molar-refractivity contribution in [2.45, 2.75) is 6.92 Å². The maximum atomic E-state index is 14.1. The molecule has 0 spiro atoms. The van der Waals surface area contributed by atoms with E-state index in [2.05, 4.69) is 0 Å². The van der Waals surface area contributed by atoms with Gasteiger partial charge >= 0.3 is 0 Å². The molecule has 6 heteroatoms. The molecule has 26 heavy (non-hydrogen) atoms. The molecule has 0 saturated carbocycles. The Morgan fingerprint density at radius 3 is 2.69 bits per heavy atom. The summed E-state index contributed by atoms with van der Waals surface area (Å²) in [6.07, 6.45) is 0. The number of amides is 1. The zero-order chi connectivity index (χ0) is 18.5. The van der Waals surface area contributed by atoms with Gasteiger partial charge in [-0.1, -0.05) is 11.6 Å². The molecule has 138 valence electrons. The number of carbonyl (C=O) groups is 1. The summed E-state index contributed by atoms with van der Waals surface area (Å²) < 4.78 is 30.3. The number of hydrogen-bond acceptors (Lipinski definition) is 4. The van der Waals surface area contributed by atoms with Crippen molar-refractivity contribution in [3.8, 4) is 22.6 Å². The highest BCUT2D eigenvalue weighted by Crippen LogP contribution is 2.33. The highest BCUT2D eigenvalue weighted by Gasteiger charge is 2.17. The van der Waals surface area contributed by atoms with E-state index in [0.29, 0.717) is 43.4 Å². The monoisotopic (exact) mass is 359 g/mol. The second-order valence-electron chi connectivity index (χ2n) is 6.16. The Balaban J connectivity index is 1.78. The first kappa shape index (κ1) is 18.2. The van der Waals surface area contributed by atoms with Crippen LogP contribution in [0.15, 0.2) is 36.4 Å². The molecule has 0 aliphatic carbocycles. The summed E-state index contributed by atoms with van der Waals surface area (Å²) in [6.45, 7) is 3.99. The SMILES string of the molecule is COc1ccc(C)cc1-c1cc(F)cc(OCC(=O)N2CCOCC2)c1. The Kier molecular flexibility index (Phi) is 5.73. The molecule has 0 radical (unpaired) electrons. The zero-order valence-corrected chi connectivity index (χ0v) is 15.0. The summed E-state index contributed by atoms with van der Waals surface area (Å²) in [5.74, 6) is 0.397. The normalized spacial score (nSPS) is 14.2. The average molecular weight is 359 g/mol. The van der Waals surface area contributed by atoms with Crippen LogP contribution in [0.2, 0.25) is 0 Å². The van der Waals surface area contributed by atoms with E-state index >= 15 is 0 Å². The highest BCUT2D eigenvalue weighted by atomic mass is 19.1. The number of morpholine rings is 1. The van der Waals surface area contributed by atoms with Crippen LogP contribution in [0.1, 0.15) is 5.56 Å². The number of ether oxygens (including phenoxy) is 3. The van der Waals surface area contributed by atoms with E-state index in [0.717, 1.165) is 11.1 Å². The smallest absolute Gasteiger partial charge is 0.260 e. The quantitative estimate of drug-likeness (QED) is 0.823. The minimum atomic E-state index is -0.431. The molecule has 0 atom stereocenters. The van der Waals surface area contributed by atoms with Gasteiger partial charge in [-0.15, -0.1) is 0 Å². The van der Waals surface area contributed by atoms with Crippen molar-refractivity contribution in [3.63, 3.8) is 0 Å². The predicted molar refractivity (Wildman–Crippen MR) is 96.0 cm³/mol. The van der Waals surface area contributed by atoms with E-state index in [-0.39, 0.29) is 12.5 Å². The fourth-order valence-electron chi connectivity index (χ4n) is 2.90. The molecule has 1 aliphatic heterocycles. The van der Waals surface area contributed by atoms with Crippen molar-refractivity contribution in [2.75, 3.05) is 40.0 Å². The minimum Gasteiger partial charge on any atom is -0.496 e. The van der Waals surface area contributed by atoms with Gasteiger partial charge in [0.2, 0.25) is 0 Å². The van der Waals surface area contributed by atoms with Gasteiger partial charge in [0, 0.05) is 24.7 Å². The first-order valence-electron chi connectivity index (χ1n) is 8.51. The average Bonchev–Trinajstić information content (AvgIpc) is 2.66. The molecule has 5 nitrogen and oxygen atoms in total. The lowest BCUT2D eigenvalue weighted by Crippen LogP contribution is -2.42. The molecule has 0 aromatic heterocycles. The molecule has 1 aliphatic rings. The van der Waals surface area contributed by atoms with Gasteiger partial charge in [-0.3, -0.25) is 4.79 Å². The number of benzene rings is 2. The van der Waals surface area contributed by atoms with E-state index < -0.39 is 5.82 Å². The molecule has 0 N–H and O–H groups in total. The largest absolute Gasteiger partial charge is 0.496 e. The van der Waals surface area contributed by atoms with Crippen molar-refractivity contribution < 1.29 is 23.4 Å². The molecule has 2 aromatic rings. The van der Waals surface area contributed by atoms with Crippen molar-refractivity contribution in [1.29, 1.82) is 0 Å². The second-order valence-corrected chi connectivity index (χ2v) is 6.16. The van der Waals surface area contributed by atoms with Crippen LogP contribution in [0, 0.1) is 12.7 Å². The van der Waals surface area contributed by atoms with E-state index in [1.165, 1.54) is 12.1 Å². The van der Waals surface area contributed by atoms with Gasteiger partial charge in [-0.2, -0.15) is 0 Å². The lowest BCUT2D eigenvalue weighted by Gasteiger charge is -2.26. The van der Waals surface area contributed by atoms with Gasteiger partial charge in [0.15, 0.2) is 6.61 Å². The number of nitrogens with zero attached hydrogens (tertiary/aromatic N) is 1. The molecule has 1 saturated heterocycles. The molecule has 1 amide bonds. The van der Waals surface area contributed by atoms with Gasteiger partial charge in [-0.25, -0.2) is 4.39 Å². The van der Waals surface area contributed by atoms with Crippen LogP contribution in [0.4, 0.5) is 4.39 Å². The zero-order valence-electron chi connectivity index (χ0n) is 15.0. The topological polar surface area (TPSA) is 48.0 Å². The number of methoxy groups -OCH3 is 1. The molecule has 1 fully saturated rings. The van der Waals surface area contributed by atoms with Crippen molar-refractivity contribution in [3.05, 3.63) is 47.8 Å². The third-order valence-electron chi connectivity index (χ3n) is 4.26. The van der Waals surface area contributed by atoms with Gasteiger partial charge in [-0.05, 0) is 36.8 Å². The van der Waals surface area contributed by atoms with Crippen LogP contribution in [-0.2, 0) is 9.53 Å². The Bertz CT molecular complexity index is 787. The Morgan fingerprint density at radius 2 is 1.96 bits per heavy atom. The van der Waals surface area contributed by atoms with Crippen LogP contribution in [0.25, 0.3) is 11.1 Å². The second kappa shape index (κ2) is 8.19. The molecular formula is C20H22FNO4. The number of rotatable bonds is 5. The lowest BCUT2D eigenvalue weighted by molar-refractivity contribution is -0.137. The summed E-state index contributed by atoms with van der Waals surface area (Å²) in [5, 5.41) is 0. The highest BCUT2D eigenvalue weighted by molar-refractivity contribution is 5.78. The molecular weight excluding hydrogens is 337 g/mol. The van der Waals surface area contributed by atoms with Gasteiger partial charge < -0.3 is 19.1 Å². The van der Waals surface area contributed by atoms with E-state index in [9.17, 15) is 9.18 Å². The number of halogens is 1. The lowest BCUT2D eigenvalue weighted by atomic mass is 10.0. The number of aryl methyl sites for hydroxylation is 1. The Morgan fingerprint density at radius 1 is 1.19 bits per heavy atom. The Labute approximate surface area is 152 Å². The van der Waals surface area contributed by atoms with Crippen LogP contribution in [-0.4, -0.2) is 50.8 Å². The first-order valence-corrected chi connectivity index (χ1v) is 8.51. The van der Waals surface area contributed by atoms with E-state index in [4.69, 9.17) is 14.2 Å². The third kappa shape index (κ3) is 4.32. The van der Waals surface area contributed by atoms with Crippen LogP contribution in [0.5, 0.6) is 11.5 Å². The number of carbonyl (C=O) groups excluding carboxylic acids is 1. The third-order valence-corrected chi connectivity index (χ3v) is 4.26. The summed E-state index contributed by atoms with van der Waals surface area (Å²) in [7, 11) is 1.58. The number of hydrogen-bond donors (Lipinski definition) is 0. The summed E-state index contributed by atoms with van der Waals surface area (Å²) in [4.78, 5) is 13.9. The fraction of sp³-hybridized carbons (Fsp3) is 0.350. The molecule has 2 aromatic carbocycles. The van der Waals surface area contributed by atoms with Gasteiger partial charge in [0.25, 0.3) is 5.91 Å². The summed E-state index contributed by atoms with van der Waals surface area (Å²) in [6, 6.07) is 10.1. The van der Waals surface area contributed by atoms with Crippen LogP contribution in [0.3, 0.4) is 0 Å². The maximum absolute atomic E-state index is 14.1. The van der Waals surface area contributed by atoms with Crippen LogP contribution >= 0.6 is 0 Å². The summed E-state index contributed by atoms with van der Waals surface area (Å²) >= 11 is 0. The molecule has 1 heterocycles. The minimum absolute atomic E-state index is 0.131. The standard InChI is InChI=1S/C20H22FNO4/c1-14-3-4-19(24-2)18(9-14)15-10-16(21)12-17(11-15)26-13-20(23)22-5-7-25-8-6-22/h3-4,9-12H,5-8,13H2,1-2H3. The van der Waals surface area contributed by atoms with E-state index in [1.807, 2.05) is 25.1 Å². The van der Waals surface area contributed by atoms with Crippen molar-refractivity contribution in [2.24, 2.45) is 0 Å². The molecule has 0 unspecified atom stereocenters. The predicted octanol–water partition coefficient (Wildman–Crippen LogP) is 3.05. The molecule has 0 bridgehead atoms. The van der Waals surface area contributed by atoms with Crippen LogP contribution < -0.4 is 9.47 Å². The van der Waals surface area contributed by atoms with Gasteiger partial charge in [0.05, 0.1) is 20.3 Å². The maximum Gasteiger partial charge on any atom is 0.260 e. The van der Waals surface area contributed by atoms with E-state index in [1.54, 1.807) is 18.1 Å². The Hall–Kier alpha value is -2.60. The fourth-order valence-corrected chi connectivity index (χ4v) is 2.90. The van der Waals surface area contributed by atoms with Crippen molar-refractivity contribution >= 4 is 5.91 Å². The van der Waals surface area contributed by atoms with Gasteiger partial charge in [0.1, 0.15) is 17.3 Å². The molecule has 3 rings (SSSR count).